The molecule has 1 aromatic carbocycles. The van der Waals surface area contributed by atoms with Crippen LogP contribution in [0.25, 0.3) is 10.7 Å². The second-order valence-corrected chi connectivity index (χ2v) is 8.76. The number of rotatable bonds is 8. The van der Waals surface area contributed by atoms with Crippen molar-refractivity contribution in [3.8, 4) is 10.7 Å². The number of aromatic nitrogens is 2. The largest absolute Gasteiger partial charge is 0.350 e. The first-order valence-corrected chi connectivity index (χ1v) is 11.0. The predicted octanol–water partition coefficient (Wildman–Crippen LogP) is 2.65. The Balaban J connectivity index is 1.49. The summed E-state index contributed by atoms with van der Waals surface area (Å²) in [5, 5.41) is 13.9. The van der Waals surface area contributed by atoms with Crippen molar-refractivity contribution < 1.29 is 17.7 Å². The summed E-state index contributed by atoms with van der Waals surface area (Å²) in [6, 6.07) is 9.71. The van der Waals surface area contributed by atoms with Gasteiger partial charge in [-0.05, 0) is 42.5 Å². The highest BCUT2D eigenvalue weighted by molar-refractivity contribution is 7.89. The van der Waals surface area contributed by atoms with Crippen LogP contribution in [0.4, 0.5) is 0 Å². The van der Waals surface area contributed by atoms with Crippen molar-refractivity contribution in [2.24, 2.45) is 5.14 Å². The number of amides is 1. The lowest BCUT2D eigenvalue weighted by molar-refractivity contribution is -0.121. The standard InChI is InChI=1S/C18H20N4O4S2/c1-12(13-5-2-6-14(11-13)28(19,24)25)20-16(23)8-3-9-17-21-18(22-26-17)15-7-4-10-27-15/h2,4-7,10-12H,3,8-9H2,1H3,(H,20,23)(H2,19,24,25). The highest BCUT2D eigenvalue weighted by Gasteiger charge is 2.14. The summed E-state index contributed by atoms with van der Waals surface area (Å²) in [5.74, 6) is 0.898. The van der Waals surface area contributed by atoms with Gasteiger partial charge in [0.25, 0.3) is 0 Å². The van der Waals surface area contributed by atoms with E-state index in [4.69, 9.17) is 9.66 Å². The third-order valence-corrected chi connectivity index (χ3v) is 5.85. The number of hydrogen-bond acceptors (Lipinski definition) is 7. The van der Waals surface area contributed by atoms with Crippen LogP contribution in [0.2, 0.25) is 0 Å². The van der Waals surface area contributed by atoms with Crippen LogP contribution in [0.5, 0.6) is 0 Å². The first-order chi connectivity index (χ1) is 13.3. The lowest BCUT2D eigenvalue weighted by Gasteiger charge is -2.15. The van der Waals surface area contributed by atoms with E-state index in [0.29, 0.717) is 30.1 Å². The van der Waals surface area contributed by atoms with Crippen molar-refractivity contribution in [1.82, 2.24) is 15.5 Å². The molecule has 2 heterocycles. The molecule has 0 bridgehead atoms. The van der Waals surface area contributed by atoms with Gasteiger partial charge in [0.05, 0.1) is 15.8 Å². The predicted molar refractivity (Wildman–Crippen MR) is 105 cm³/mol. The maximum absolute atomic E-state index is 12.2. The van der Waals surface area contributed by atoms with E-state index in [1.54, 1.807) is 19.1 Å². The zero-order valence-corrected chi connectivity index (χ0v) is 16.8. The number of hydrogen-bond donors (Lipinski definition) is 2. The van der Waals surface area contributed by atoms with E-state index in [1.807, 2.05) is 17.5 Å². The van der Waals surface area contributed by atoms with Gasteiger partial charge in [0.2, 0.25) is 27.6 Å². The molecular formula is C18H20N4O4S2. The molecule has 148 valence electrons. The van der Waals surface area contributed by atoms with Crippen LogP contribution in [-0.2, 0) is 21.2 Å². The SMILES string of the molecule is CC(NC(=O)CCCc1nc(-c2cccs2)no1)c1cccc(S(N)(=O)=O)c1. The monoisotopic (exact) mass is 420 g/mol. The molecule has 10 heteroatoms. The number of carbonyl (C=O) groups excluding carboxylic acids is 1. The molecule has 0 spiro atoms. The van der Waals surface area contributed by atoms with E-state index < -0.39 is 10.0 Å². The van der Waals surface area contributed by atoms with Crippen LogP contribution in [0.3, 0.4) is 0 Å². The summed E-state index contributed by atoms with van der Waals surface area (Å²) in [6.07, 6.45) is 1.35. The molecule has 8 nitrogen and oxygen atoms in total. The number of benzene rings is 1. The van der Waals surface area contributed by atoms with Gasteiger partial charge in [-0.2, -0.15) is 4.98 Å². The third-order valence-electron chi connectivity index (χ3n) is 4.07. The van der Waals surface area contributed by atoms with Gasteiger partial charge < -0.3 is 9.84 Å². The zero-order chi connectivity index (χ0) is 20.1. The van der Waals surface area contributed by atoms with E-state index in [-0.39, 0.29) is 23.3 Å². The van der Waals surface area contributed by atoms with Crippen LogP contribution < -0.4 is 10.5 Å². The van der Waals surface area contributed by atoms with Crippen LogP contribution >= 0.6 is 11.3 Å². The Morgan fingerprint density at radius 3 is 2.86 bits per heavy atom. The lowest BCUT2D eigenvalue weighted by atomic mass is 10.1. The van der Waals surface area contributed by atoms with Crippen molar-refractivity contribution in [2.45, 2.75) is 37.1 Å². The zero-order valence-electron chi connectivity index (χ0n) is 15.2. The molecule has 3 N–H and O–H groups in total. The van der Waals surface area contributed by atoms with E-state index in [2.05, 4.69) is 15.5 Å². The fraction of sp³-hybridized carbons (Fsp3) is 0.278. The lowest BCUT2D eigenvalue weighted by Crippen LogP contribution is -2.26. The van der Waals surface area contributed by atoms with Crippen molar-refractivity contribution in [2.75, 3.05) is 0 Å². The van der Waals surface area contributed by atoms with Crippen molar-refractivity contribution in [1.29, 1.82) is 0 Å². The normalized spacial score (nSPS) is 12.6. The van der Waals surface area contributed by atoms with Crippen molar-refractivity contribution in [3.63, 3.8) is 0 Å². The number of primary sulfonamides is 1. The molecule has 1 unspecified atom stereocenters. The first kappa shape index (κ1) is 20.2. The van der Waals surface area contributed by atoms with Crippen LogP contribution in [0, 0.1) is 0 Å². The molecule has 0 saturated heterocycles. The molecule has 0 fully saturated rings. The van der Waals surface area contributed by atoms with Gasteiger partial charge in [0.1, 0.15) is 0 Å². The quantitative estimate of drug-likeness (QED) is 0.576. The number of carbonyl (C=O) groups is 1. The summed E-state index contributed by atoms with van der Waals surface area (Å²) in [5.41, 5.74) is 0.664. The minimum Gasteiger partial charge on any atom is -0.350 e. The summed E-state index contributed by atoms with van der Waals surface area (Å²) in [7, 11) is -3.78. The molecule has 0 aliphatic rings. The van der Waals surface area contributed by atoms with Gasteiger partial charge in [0, 0.05) is 12.8 Å². The van der Waals surface area contributed by atoms with Gasteiger partial charge in [-0.25, -0.2) is 13.6 Å². The average Bonchev–Trinajstić information content (AvgIpc) is 3.32. The summed E-state index contributed by atoms with van der Waals surface area (Å²) in [4.78, 5) is 17.4. The Morgan fingerprint density at radius 1 is 1.32 bits per heavy atom. The second-order valence-electron chi connectivity index (χ2n) is 6.25. The first-order valence-electron chi connectivity index (χ1n) is 8.61. The number of nitrogens with zero attached hydrogens (tertiary/aromatic N) is 2. The molecule has 0 aliphatic heterocycles. The van der Waals surface area contributed by atoms with E-state index in [1.165, 1.54) is 23.5 Å². The molecule has 0 saturated carbocycles. The number of nitrogens with one attached hydrogen (secondary N) is 1. The summed E-state index contributed by atoms with van der Waals surface area (Å²) in [6.45, 7) is 1.78. The van der Waals surface area contributed by atoms with Crippen LogP contribution in [-0.4, -0.2) is 24.5 Å². The fourth-order valence-corrected chi connectivity index (χ4v) is 3.84. The number of thiophene rings is 1. The highest BCUT2D eigenvalue weighted by atomic mass is 32.2. The topological polar surface area (TPSA) is 128 Å². The summed E-state index contributed by atoms with van der Waals surface area (Å²) < 4.78 is 28.1. The third kappa shape index (κ3) is 5.24. The summed E-state index contributed by atoms with van der Waals surface area (Å²) >= 11 is 1.53. The molecule has 28 heavy (non-hydrogen) atoms. The van der Waals surface area contributed by atoms with E-state index in [9.17, 15) is 13.2 Å². The Morgan fingerprint density at radius 2 is 2.14 bits per heavy atom. The maximum atomic E-state index is 12.2. The van der Waals surface area contributed by atoms with Crippen molar-refractivity contribution >= 4 is 27.3 Å². The minimum atomic E-state index is -3.78. The van der Waals surface area contributed by atoms with Crippen molar-refractivity contribution in [3.05, 3.63) is 53.2 Å². The molecule has 2 aromatic heterocycles. The van der Waals surface area contributed by atoms with Crippen LogP contribution in [0.15, 0.2) is 51.2 Å². The Hall–Kier alpha value is -2.56. The van der Waals surface area contributed by atoms with Gasteiger partial charge in [-0.1, -0.05) is 23.4 Å². The molecule has 0 radical (unpaired) electrons. The Kier molecular flexibility index (Phi) is 6.22. The number of sulfonamides is 1. The van der Waals surface area contributed by atoms with E-state index >= 15 is 0 Å². The fourth-order valence-electron chi connectivity index (χ4n) is 2.62. The average molecular weight is 421 g/mol. The highest BCUT2D eigenvalue weighted by Crippen LogP contribution is 2.22. The van der Waals surface area contributed by atoms with E-state index in [0.717, 1.165) is 4.88 Å². The van der Waals surface area contributed by atoms with Gasteiger partial charge in [-0.15, -0.1) is 11.3 Å². The molecular weight excluding hydrogens is 400 g/mol. The smallest absolute Gasteiger partial charge is 0.238 e. The maximum Gasteiger partial charge on any atom is 0.238 e. The molecule has 1 amide bonds. The Bertz CT molecular complexity index is 1050. The number of aryl methyl sites for hydroxylation is 1. The molecule has 0 aliphatic carbocycles. The Labute approximate surface area is 166 Å². The molecule has 3 rings (SSSR count). The minimum absolute atomic E-state index is 0.0176. The van der Waals surface area contributed by atoms with Gasteiger partial charge >= 0.3 is 0 Å². The molecule has 3 aromatic rings. The number of nitrogens with two attached hydrogens (primary N) is 1. The van der Waals surface area contributed by atoms with Crippen LogP contribution in [0.1, 0.15) is 37.3 Å². The van der Waals surface area contributed by atoms with Gasteiger partial charge in [0.15, 0.2) is 0 Å². The second kappa shape index (κ2) is 8.63. The van der Waals surface area contributed by atoms with Gasteiger partial charge in [-0.3, -0.25) is 4.79 Å². The molecule has 1 atom stereocenters.